The van der Waals surface area contributed by atoms with Crippen LogP contribution >= 0.6 is 11.6 Å². The molecule has 148 valence electrons. The molecule has 1 fully saturated rings. The molecule has 28 heavy (non-hydrogen) atoms. The lowest BCUT2D eigenvalue weighted by molar-refractivity contribution is -0.125. The second-order valence-corrected chi connectivity index (χ2v) is 7.81. The summed E-state index contributed by atoms with van der Waals surface area (Å²) in [6.07, 6.45) is 0. The van der Waals surface area contributed by atoms with Gasteiger partial charge in [-0.25, -0.2) is 0 Å². The summed E-state index contributed by atoms with van der Waals surface area (Å²) in [6, 6.07) is 14.6. The van der Waals surface area contributed by atoms with E-state index in [0.717, 1.165) is 11.3 Å². The normalized spacial score (nSPS) is 19.0. The number of rotatable bonds is 5. The summed E-state index contributed by atoms with van der Waals surface area (Å²) in [6.45, 7) is 4.70. The van der Waals surface area contributed by atoms with Crippen LogP contribution in [-0.4, -0.2) is 43.0 Å². The van der Waals surface area contributed by atoms with Crippen molar-refractivity contribution in [3.8, 4) is 5.75 Å². The molecule has 0 saturated carbocycles. The van der Waals surface area contributed by atoms with Crippen molar-refractivity contribution in [3.63, 3.8) is 0 Å². The summed E-state index contributed by atoms with van der Waals surface area (Å²) < 4.78 is 5.34. The summed E-state index contributed by atoms with van der Waals surface area (Å²) in [5, 5.41) is 3.51. The van der Waals surface area contributed by atoms with Crippen LogP contribution in [0.15, 0.2) is 48.5 Å². The number of methoxy groups -OCH3 is 1. The molecule has 2 aromatic carbocycles. The van der Waals surface area contributed by atoms with Gasteiger partial charge in [-0.05, 0) is 49.7 Å². The quantitative estimate of drug-likeness (QED) is 0.831. The van der Waals surface area contributed by atoms with Gasteiger partial charge in [-0.15, -0.1) is 0 Å². The Morgan fingerprint density at radius 2 is 1.89 bits per heavy atom. The number of amides is 2. The maximum absolute atomic E-state index is 13.0. The van der Waals surface area contributed by atoms with Crippen LogP contribution in [0.2, 0.25) is 5.02 Å². The molecule has 0 aliphatic carbocycles. The molecule has 1 aliphatic heterocycles. The fraction of sp³-hybridized carbons (Fsp3) is 0.364. The Hall–Kier alpha value is -2.53. The summed E-state index contributed by atoms with van der Waals surface area (Å²) in [5.74, 6) is 0.161. The van der Waals surface area contributed by atoms with E-state index in [9.17, 15) is 9.59 Å². The Morgan fingerprint density at radius 3 is 2.57 bits per heavy atom. The molecule has 3 rings (SSSR count). The summed E-state index contributed by atoms with van der Waals surface area (Å²) >= 11 is 6.04. The van der Waals surface area contributed by atoms with Crippen molar-refractivity contribution in [2.75, 3.05) is 20.2 Å². The number of hydrogen-bond donors (Lipinski definition) is 1. The van der Waals surface area contributed by atoms with Gasteiger partial charge in [-0.1, -0.05) is 29.8 Å². The maximum atomic E-state index is 13.0. The second-order valence-electron chi connectivity index (χ2n) is 7.37. The number of benzene rings is 2. The van der Waals surface area contributed by atoms with E-state index in [1.807, 2.05) is 38.1 Å². The van der Waals surface area contributed by atoms with Crippen LogP contribution < -0.4 is 10.1 Å². The minimum atomic E-state index is -0.322. The molecule has 0 unspecified atom stereocenters. The van der Waals surface area contributed by atoms with Gasteiger partial charge < -0.3 is 15.0 Å². The predicted molar refractivity (Wildman–Crippen MR) is 110 cm³/mol. The van der Waals surface area contributed by atoms with Gasteiger partial charge in [0.05, 0.1) is 13.0 Å². The van der Waals surface area contributed by atoms with Crippen LogP contribution in [-0.2, 0) is 4.79 Å². The molecule has 1 saturated heterocycles. The van der Waals surface area contributed by atoms with E-state index in [1.54, 1.807) is 36.3 Å². The first-order chi connectivity index (χ1) is 13.4. The molecule has 0 aromatic heterocycles. The molecule has 0 bridgehead atoms. The van der Waals surface area contributed by atoms with Crippen molar-refractivity contribution < 1.29 is 14.3 Å². The molecule has 1 heterocycles. The Kier molecular flexibility index (Phi) is 6.25. The lowest BCUT2D eigenvalue weighted by atomic mass is 9.88. The first kappa shape index (κ1) is 20.2. The third-order valence-corrected chi connectivity index (χ3v) is 5.20. The molecule has 0 spiro atoms. The van der Waals surface area contributed by atoms with E-state index in [-0.39, 0.29) is 29.7 Å². The van der Waals surface area contributed by atoms with E-state index in [0.29, 0.717) is 23.7 Å². The van der Waals surface area contributed by atoms with Gasteiger partial charge in [0, 0.05) is 35.6 Å². The summed E-state index contributed by atoms with van der Waals surface area (Å²) in [4.78, 5) is 27.6. The molecule has 1 N–H and O–H groups in total. The molecule has 5 nitrogen and oxygen atoms in total. The SMILES string of the molecule is COc1cccc([C@H]2CN(C(=O)c3cccc(Cl)c3)C[C@H]2C(=O)NC(C)C)c1. The third kappa shape index (κ3) is 4.47. The molecule has 2 amide bonds. The summed E-state index contributed by atoms with van der Waals surface area (Å²) in [7, 11) is 1.62. The van der Waals surface area contributed by atoms with Crippen LogP contribution in [0.4, 0.5) is 0 Å². The van der Waals surface area contributed by atoms with Gasteiger partial charge >= 0.3 is 0 Å². The first-order valence-electron chi connectivity index (χ1n) is 9.38. The topological polar surface area (TPSA) is 58.6 Å². The lowest BCUT2D eigenvalue weighted by Gasteiger charge is -2.20. The van der Waals surface area contributed by atoms with Crippen molar-refractivity contribution in [3.05, 3.63) is 64.7 Å². The Balaban J connectivity index is 1.89. The molecule has 6 heteroatoms. The first-order valence-corrected chi connectivity index (χ1v) is 9.76. The largest absolute Gasteiger partial charge is 0.497 e. The molecule has 2 atom stereocenters. The number of likely N-dealkylation sites (tertiary alicyclic amines) is 1. The number of ether oxygens (including phenoxy) is 1. The van der Waals surface area contributed by atoms with Crippen LogP contribution in [0.3, 0.4) is 0 Å². The highest BCUT2D eigenvalue weighted by molar-refractivity contribution is 6.30. The Bertz CT molecular complexity index is 868. The smallest absolute Gasteiger partial charge is 0.253 e. The highest BCUT2D eigenvalue weighted by Crippen LogP contribution is 2.35. The van der Waals surface area contributed by atoms with Gasteiger partial charge in [0.2, 0.25) is 5.91 Å². The van der Waals surface area contributed by atoms with E-state index in [4.69, 9.17) is 16.3 Å². The highest BCUT2D eigenvalue weighted by Gasteiger charge is 2.40. The zero-order chi connectivity index (χ0) is 20.3. The molecule has 1 aliphatic rings. The fourth-order valence-corrected chi connectivity index (χ4v) is 3.83. The number of nitrogens with one attached hydrogen (secondary N) is 1. The van der Waals surface area contributed by atoms with Gasteiger partial charge in [-0.2, -0.15) is 0 Å². The van der Waals surface area contributed by atoms with Crippen molar-refractivity contribution in [1.29, 1.82) is 0 Å². The number of nitrogens with zero attached hydrogens (tertiary/aromatic N) is 1. The van der Waals surface area contributed by atoms with E-state index < -0.39 is 0 Å². The average Bonchev–Trinajstić information content (AvgIpc) is 3.12. The predicted octanol–water partition coefficient (Wildman–Crippen LogP) is 3.73. The Morgan fingerprint density at radius 1 is 1.14 bits per heavy atom. The standard InChI is InChI=1S/C22H25ClN2O3/c1-14(2)24-21(26)20-13-25(22(27)16-7-4-8-17(23)10-16)12-19(20)15-6-5-9-18(11-15)28-3/h4-11,14,19-20H,12-13H2,1-3H3,(H,24,26)/t19-,20-/m1/s1. The van der Waals surface area contributed by atoms with Crippen LogP contribution in [0.5, 0.6) is 5.75 Å². The molecule has 2 aromatic rings. The fourth-order valence-electron chi connectivity index (χ4n) is 3.64. The number of carbonyl (C=O) groups is 2. The van der Waals surface area contributed by atoms with Gasteiger partial charge in [0.1, 0.15) is 5.75 Å². The van der Waals surface area contributed by atoms with Crippen molar-refractivity contribution in [1.82, 2.24) is 10.2 Å². The van der Waals surface area contributed by atoms with Crippen LogP contribution in [0.1, 0.15) is 35.7 Å². The number of halogens is 1. The Labute approximate surface area is 170 Å². The minimum Gasteiger partial charge on any atom is -0.497 e. The van der Waals surface area contributed by atoms with Crippen LogP contribution in [0, 0.1) is 5.92 Å². The third-order valence-electron chi connectivity index (χ3n) is 4.97. The number of hydrogen-bond acceptors (Lipinski definition) is 3. The van der Waals surface area contributed by atoms with E-state index in [1.165, 1.54) is 0 Å². The van der Waals surface area contributed by atoms with Crippen molar-refractivity contribution in [2.24, 2.45) is 5.92 Å². The zero-order valence-corrected chi connectivity index (χ0v) is 17.1. The highest BCUT2D eigenvalue weighted by atomic mass is 35.5. The maximum Gasteiger partial charge on any atom is 0.253 e. The van der Waals surface area contributed by atoms with E-state index in [2.05, 4.69) is 5.32 Å². The van der Waals surface area contributed by atoms with E-state index >= 15 is 0 Å². The summed E-state index contributed by atoms with van der Waals surface area (Å²) in [5.41, 5.74) is 1.52. The van der Waals surface area contributed by atoms with Crippen molar-refractivity contribution >= 4 is 23.4 Å². The monoisotopic (exact) mass is 400 g/mol. The minimum absolute atomic E-state index is 0.0378. The lowest BCUT2D eigenvalue weighted by Crippen LogP contribution is -2.39. The molecular weight excluding hydrogens is 376 g/mol. The van der Waals surface area contributed by atoms with Gasteiger partial charge in [-0.3, -0.25) is 9.59 Å². The van der Waals surface area contributed by atoms with Gasteiger partial charge in [0.25, 0.3) is 5.91 Å². The second kappa shape index (κ2) is 8.65. The molecule has 0 radical (unpaired) electrons. The average molecular weight is 401 g/mol. The zero-order valence-electron chi connectivity index (χ0n) is 16.3. The number of carbonyl (C=O) groups excluding carboxylic acids is 2. The van der Waals surface area contributed by atoms with Crippen LogP contribution in [0.25, 0.3) is 0 Å². The van der Waals surface area contributed by atoms with Crippen molar-refractivity contribution in [2.45, 2.75) is 25.8 Å². The molecular formula is C22H25ClN2O3. The van der Waals surface area contributed by atoms with Gasteiger partial charge in [0.15, 0.2) is 0 Å².